The Hall–Kier alpha value is -2.93. The van der Waals surface area contributed by atoms with Crippen LogP contribution in [0, 0.1) is 17.8 Å². The maximum Gasteiger partial charge on any atom is 0.309 e. The molecule has 0 aromatic heterocycles. The molecule has 1 aromatic carbocycles. The van der Waals surface area contributed by atoms with Gasteiger partial charge in [-0.3, -0.25) is 14.4 Å². The van der Waals surface area contributed by atoms with Crippen LogP contribution in [0.15, 0.2) is 55.6 Å². The second kappa shape index (κ2) is 16.7. The summed E-state index contributed by atoms with van der Waals surface area (Å²) in [5.74, 6) is -1.79. The first kappa shape index (κ1) is 30.1. The van der Waals surface area contributed by atoms with Gasteiger partial charge in [0.15, 0.2) is 0 Å². The molecule has 4 atom stereocenters. The lowest BCUT2D eigenvalue weighted by atomic mass is 9.94. The topological polar surface area (TPSA) is 105 Å². The third kappa shape index (κ3) is 11.9. The van der Waals surface area contributed by atoms with Gasteiger partial charge in [0.2, 0.25) is 11.8 Å². The van der Waals surface area contributed by atoms with E-state index in [1.807, 2.05) is 44.2 Å². The summed E-state index contributed by atoms with van der Waals surface area (Å²) in [6.07, 6.45) is 5.63. The van der Waals surface area contributed by atoms with Gasteiger partial charge in [0, 0.05) is 12.5 Å². The molecule has 7 heteroatoms. The Labute approximate surface area is 210 Å². The summed E-state index contributed by atoms with van der Waals surface area (Å²) < 4.78 is 5.67. The van der Waals surface area contributed by atoms with Crippen LogP contribution in [0.25, 0.3) is 0 Å². The summed E-state index contributed by atoms with van der Waals surface area (Å²) in [5, 5.41) is 14.7. The summed E-state index contributed by atoms with van der Waals surface area (Å²) in [5.41, 5.74) is 1.06. The number of nitrogens with one attached hydrogen (secondary N) is 2. The van der Waals surface area contributed by atoms with E-state index < -0.39 is 12.0 Å². The second-order valence-electron chi connectivity index (χ2n) is 9.32. The van der Waals surface area contributed by atoms with Crippen molar-refractivity contribution in [3.05, 3.63) is 61.2 Å². The summed E-state index contributed by atoms with van der Waals surface area (Å²) in [7, 11) is 0. The van der Waals surface area contributed by atoms with Crippen LogP contribution in [0.2, 0.25) is 0 Å². The lowest BCUT2D eigenvalue weighted by Gasteiger charge is -2.26. The van der Waals surface area contributed by atoms with Crippen molar-refractivity contribution in [3.63, 3.8) is 0 Å². The first-order chi connectivity index (χ1) is 16.7. The molecule has 0 bridgehead atoms. The van der Waals surface area contributed by atoms with E-state index in [0.717, 1.165) is 5.56 Å². The average molecular weight is 487 g/mol. The highest BCUT2D eigenvalue weighted by atomic mass is 16.5. The van der Waals surface area contributed by atoms with Crippen molar-refractivity contribution in [2.75, 3.05) is 13.2 Å². The molecule has 1 aromatic rings. The zero-order valence-corrected chi connectivity index (χ0v) is 21.4. The van der Waals surface area contributed by atoms with Gasteiger partial charge in [0.05, 0.1) is 24.5 Å². The van der Waals surface area contributed by atoms with Crippen molar-refractivity contribution >= 4 is 17.8 Å². The number of ether oxygens (including phenoxy) is 1. The molecule has 0 spiro atoms. The number of carbonyl (C=O) groups is 3. The fourth-order valence-corrected chi connectivity index (χ4v) is 3.60. The third-order valence-corrected chi connectivity index (χ3v) is 5.85. The van der Waals surface area contributed by atoms with Gasteiger partial charge in [-0.25, -0.2) is 0 Å². The lowest BCUT2D eigenvalue weighted by molar-refractivity contribution is -0.150. The molecule has 0 fully saturated rings. The SMILES string of the molecule is C=CCCC(Cc1ccccc1)C(=O)OCC(NC(=O)C(CC=C)CC(=O)NC(C)CO)C(C)C. The van der Waals surface area contributed by atoms with Crippen molar-refractivity contribution in [2.24, 2.45) is 17.8 Å². The van der Waals surface area contributed by atoms with Crippen LogP contribution in [-0.4, -0.2) is 48.2 Å². The minimum Gasteiger partial charge on any atom is -0.463 e. The monoisotopic (exact) mass is 486 g/mol. The molecule has 2 amide bonds. The number of benzene rings is 1. The van der Waals surface area contributed by atoms with Crippen LogP contribution in [-0.2, 0) is 25.5 Å². The quantitative estimate of drug-likeness (QED) is 0.231. The number of rotatable bonds is 17. The Morgan fingerprint density at radius 3 is 2.29 bits per heavy atom. The second-order valence-corrected chi connectivity index (χ2v) is 9.32. The van der Waals surface area contributed by atoms with Gasteiger partial charge in [-0.15, -0.1) is 13.2 Å². The van der Waals surface area contributed by atoms with E-state index >= 15 is 0 Å². The summed E-state index contributed by atoms with van der Waals surface area (Å²) in [6.45, 7) is 12.9. The summed E-state index contributed by atoms with van der Waals surface area (Å²) in [4.78, 5) is 38.1. The van der Waals surface area contributed by atoms with Crippen LogP contribution in [0.5, 0.6) is 0 Å². The molecule has 194 valence electrons. The Kier molecular flexibility index (Phi) is 14.3. The Morgan fingerprint density at radius 1 is 1.03 bits per heavy atom. The number of esters is 1. The molecule has 0 radical (unpaired) electrons. The Morgan fingerprint density at radius 2 is 1.71 bits per heavy atom. The van der Waals surface area contributed by atoms with Crippen molar-refractivity contribution in [1.82, 2.24) is 10.6 Å². The van der Waals surface area contributed by atoms with Gasteiger partial charge in [-0.05, 0) is 44.1 Å². The van der Waals surface area contributed by atoms with E-state index in [-0.39, 0.29) is 55.3 Å². The van der Waals surface area contributed by atoms with E-state index in [0.29, 0.717) is 25.7 Å². The predicted molar refractivity (Wildman–Crippen MR) is 138 cm³/mol. The molecule has 1 rings (SSSR count). The van der Waals surface area contributed by atoms with Crippen LogP contribution < -0.4 is 10.6 Å². The van der Waals surface area contributed by atoms with Crippen molar-refractivity contribution in [1.29, 1.82) is 0 Å². The first-order valence-corrected chi connectivity index (χ1v) is 12.3. The standard InChI is InChI=1S/C28H42N2O5/c1-6-8-15-24(16-22-13-10-9-11-14-22)28(34)35-19-25(20(3)4)30-27(33)23(12-7-2)17-26(32)29-21(5)18-31/h6-7,9-11,13-14,20-21,23-25,31H,1-2,8,12,15-19H2,3-5H3,(H,29,32)(H,30,33). The van der Waals surface area contributed by atoms with Gasteiger partial charge in [-0.1, -0.05) is 56.3 Å². The van der Waals surface area contributed by atoms with E-state index in [2.05, 4.69) is 23.8 Å². The zero-order valence-electron chi connectivity index (χ0n) is 21.4. The molecule has 0 saturated carbocycles. The number of carbonyl (C=O) groups excluding carboxylic acids is 3. The van der Waals surface area contributed by atoms with Crippen molar-refractivity contribution in [2.45, 2.75) is 65.0 Å². The maximum atomic E-state index is 13.0. The lowest BCUT2D eigenvalue weighted by Crippen LogP contribution is -2.46. The highest BCUT2D eigenvalue weighted by molar-refractivity contribution is 5.86. The number of allylic oxidation sites excluding steroid dienone is 2. The van der Waals surface area contributed by atoms with Crippen molar-refractivity contribution < 1.29 is 24.2 Å². The number of amides is 2. The van der Waals surface area contributed by atoms with Crippen LogP contribution >= 0.6 is 0 Å². The zero-order chi connectivity index (χ0) is 26.2. The summed E-state index contributed by atoms with van der Waals surface area (Å²) >= 11 is 0. The highest BCUT2D eigenvalue weighted by Crippen LogP contribution is 2.18. The smallest absolute Gasteiger partial charge is 0.309 e. The number of hydrogen-bond donors (Lipinski definition) is 3. The molecule has 0 aliphatic carbocycles. The highest BCUT2D eigenvalue weighted by Gasteiger charge is 2.27. The number of aliphatic hydroxyl groups excluding tert-OH is 1. The maximum absolute atomic E-state index is 13.0. The predicted octanol–water partition coefficient (Wildman–Crippen LogP) is 3.57. The largest absolute Gasteiger partial charge is 0.463 e. The van der Waals surface area contributed by atoms with Crippen LogP contribution in [0.3, 0.4) is 0 Å². The van der Waals surface area contributed by atoms with E-state index in [1.54, 1.807) is 19.1 Å². The fourth-order valence-electron chi connectivity index (χ4n) is 3.60. The molecule has 0 aliphatic heterocycles. The molecule has 35 heavy (non-hydrogen) atoms. The molecule has 0 heterocycles. The summed E-state index contributed by atoms with van der Waals surface area (Å²) in [6, 6.07) is 9.02. The molecule has 3 N–H and O–H groups in total. The van der Waals surface area contributed by atoms with Gasteiger partial charge in [0.1, 0.15) is 6.61 Å². The fraction of sp³-hybridized carbons (Fsp3) is 0.536. The average Bonchev–Trinajstić information content (AvgIpc) is 2.83. The third-order valence-electron chi connectivity index (χ3n) is 5.85. The Bertz CT molecular complexity index is 809. The van der Waals surface area contributed by atoms with E-state index in [4.69, 9.17) is 9.84 Å². The molecule has 4 unspecified atom stereocenters. The van der Waals surface area contributed by atoms with E-state index in [1.165, 1.54) is 0 Å². The number of aliphatic hydroxyl groups is 1. The van der Waals surface area contributed by atoms with Crippen molar-refractivity contribution in [3.8, 4) is 0 Å². The molecule has 7 nitrogen and oxygen atoms in total. The molecular formula is C28H42N2O5. The minimum absolute atomic E-state index is 0.0140. The number of hydrogen-bond acceptors (Lipinski definition) is 5. The Balaban J connectivity index is 2.77. The minimum atomic E-state index is -0.603. The first-order valence-electron chi connectivity index (χ1n) is 12.3. The van der Waals surface area contributed by atoms with Crippen LogP contribution in [0.4, 0.5) is 0 Å². The van der Waals surface area contributed by atoms with E-state index in [9.17, 15) is 14.4 Å². The van der Waals surface area contributed by atoms with Gasteiger partial charge < -0.3 is 20.5 Å². The molecular weight excluding hydrogens is 444 g/mol. The molecule has 0 aliphatic rings. The normalized spacial score (nSPS) is 14.3. The molecule has 0 saturated heterocycles. The van der Waals surface area contributed by atoms with Gasteiger partial charge in [-0.2, -0.15) is 0 Å². The van der Waals surface area contributed by atoms with Gasteiger partial charge >= 0.3 is 5.97 Å². The van der Waals surface area contributed by atoms with Gasteiger partial charge in [0.25, 0.3) is 0 Å². The van der Waals surface area contributed by atoms with Crippen LogP contribution in [0.1, 0.15) is 52.0 Å².